The van der Waals surface area contributed by atoms with E-state index in [0.717, 1.165) is 12.8 Å². The largest absolute Gasteiger partial charge is 0.307 e. The highest BCUT2D eigenvalue weighted by molar-refractivity contribution is 6.05. The first-order valence-corrected chi connectivity index (χ1v) is 6.64. The predicted octanol–water partition coefficient (Wildman–Crippen LogP) is 3.66. The number of rotatable bonds is 6. The first-order chi connectivity index (χ1) is 9.15. The van der Waals surface area contributed by atoms with Gasteiger partial charge in [-0.1, -0.05) is 39.0 Å². The van der Waals surface area contributed by atoms with Gasteiger partial charge in [-0.15, -0.1) is 0 Å². The normalized spacial score (nSPS) is 9.74. The summed E-state index contributed by atoms with van der Waals surface area (Å²) in [5.41, 5.74) is 1.78. The van der Waals surface area contributed by atoms with Gasteiger partial charge in [-0.25, -0.2) is 0 Å². The SMILES string of the molecule is C=C(CC)C(=O)N(CCCC)c1ccccc1C#N. The number of nitrogens with zero attached hydrogens (tertiary/aromatic N) is 2. The summed E-state index contributed by atoms with van der Waals surface area (Å²) in [4.78, 5) is 14.0. The van der Waals surface area contributed by atoms with E-state index in [2.05, 4.69) is 19.6 Å². The standard InChI is InChI=1S/C16H20N2O/c1-4-6-11-18(16(19)13(3)5-2)15-10-8-7-9-14(15)12-17/h7-10H,3-6,11H2,1-2H3. The quantitative estimate of drug-likeness (QED) is 0.729. The topological polar surface area (TPSA) is 44.1 Å². The molecule has 1 aromatic rings. The molecule has 0 radical (unpaired) electrons. The molecule has 0 aliphatic heterocycles. The molecule has 0 aliphatic carbocycles. The Hall–Kier alpha value is -2.08. The van der Waals surface area contributed by atoms with Crippen LogP contribution < -0.4 is 4.90 Å². The van der Waals surface area contributed by atoms with Crippen LogP contribution in [0.2, 0.25) is 0 Å². The van der Waals surface area contributed by atoms with E-state index in [9.17, 15) is 4.79 Å². The third kappa shape index (κ3) is 3.69. The molecule has 0 bridgehead atoms. The highest BCUT2D eigenvalue weighted by Gasteiger charge is 2.19. The lowest BCUT2D eigenvalue weighted by Gasteiger charge is -2.24. The smallest absolute Gasteiger partial charge is 0.253 e. The zero-order valence-electron chi connectivity index (χ0n) is 11.6. The van der Waals surface area contributed by atoms with Crippen LogP contribution in [0.1, 0.15) is 38.7 Å². The van der Waals surface area contributed by atoms with E-state index in [4.69, 9.17) is 5.26 Å². The second kappa shape index (κ2) is 7.38. The van der Waals surface area contributed by atoms with Crippen LogP contribution in [0, 0.1) is 11.3 Å². The number of benzene rings is 1. The van der Waals surface area contributed by atoms with E-state index < -0.39 is 0 Å². The fourth-order valence-electron chi connectivity index (χ4n) is 1.79. The molecule has 0 heterocycles. The molecule has 1 amide bonds. The van der Waals surface area contributed by atoms with Crippen LogP contribution in [0.3, 0.4) is 0 Å². The average Bonchev–Trinajstić information content (AvgIpc) is 2.46. The molecule has 0 spiro atoms. The Kier molecular flexibility index (Phi) is 5.81. The average molecular weight is 256 g/mol. The minimum absolute atomic E-state index is 0.0846. The Labute approximate surface area is 115 Å². The number of anilines is 1. The van der Waals surface area contributed by atoms with Crippen molar-refractivity contribution >= 4 is 11.6 Å². The Morgan fingerprint density at radius 3 is 2.63 bits per heavy atom. The molecule has 0 saturated heterocycles. The lowest BCUT2D eigenvalue weighted by Crippen LogP contribution is -2.33. The van der Waals surface area contributed by atoms with E-state index in [1.807, 2.05) is 19.1 Å². The Morgan fingerprint density at radius 2 is 2.05 bits per heavy atom. The zero-order chi connectivity index (χ0) is 14.3. The third-order valence-corrected chi connectivity index (χ3v) is 3.02. The molecule has 0 atom stereocenters. The fourth-order valence-corrected chi connectivity index (χ4v) is 1.79. The molecule has 0 unspecified atom stereocenters. The maximum Gasteiger partial charge on any atom is 0.253 e. The van der Waals surface area contributed by atoms with E-state index >= 15 is 0 Å². The minimum atomic E-state index is -0.0846. The second-order valence-corrected chi connectivity index (χ2v) is 4.40. The first kappa shape index (κ1) is 15.0. The summed E-state index contributed by atoms with van der Waals surface area (Å²) in [7, 11) is 0. The van der Waals surface area contributed by atoms with Crippen molar-refractivity contribution in [3.05, 3.63) is 42.0 Å². The number of carbonyl (C=O) groups excluding carboxylic acids is 1. The number of para-hydroxylation sites is 1. The lowest BCUT2D eigenvalue weighted by molar-refractivity contribution is -0.115. The van der Waals surface area contributed by atoms with Gasteiger partial charge in [0.1, 0.15) is 6.07 Å². The van der Waals surface area contributed by atoms with Crippen LogP contribution in [0.5, 0.6) is 0 Å². The van der Waals surface area contributed by atoms with E-state index in [0.29, 0.717) is 29.8 Å². The van der Waals surface area contributed by atoms with Gasteiger partial charge in [-0.2, -0.15) is 5.26 Å². The van der Waals surface area contributed by atoms with Crippen LogP contribution in [0.25, 0.3) is 0 Å². The van der Waals surface area contributed by atoms with Crippen molar-refractivity contribution in [2.75, 3.05) is 11.4 Å². The summed E-state index contributed by atoms with van der Waals surface area (Å²) in [6.45, 7) is 8.42. The van der Waals surface area contributed by atoms with Crippen molar-refractivity contribution in [2.24, 2.45) is 0 Å². The summed E-state index contributed by atoms with van der Waals surface area (Å²) in [6.07, 6.45) is 2.52. The molecular weight excluding hydrogens is 236 g/mol. The van der Waals surface area contributed by atoms with Gasteiger partial charge >= 0.3 is 0 Å². The van der Waals surface area contributed by atoms with Gasteiger partial charge in [0.15, 0.2) is 0 Å². The third-order valence-electron chi connectivity index (χ3n) is 3.02. The minimum Gasteiger partial charge on any atom is -0.307 e. The van der Waals surface area contributed by atoms with Crippen LogP contribution in [-0.4, -0.2) is 12.5 Å². The van der Waals surface area contributed by atoms with E-state index in [1.54, 1.807) is 17.0 Å². The van der Waals surface area contributed by atoms with Gasteiger partial charge in [0, 0.05) is 12.1 Å². The van der Waals surface area contributed by atoms with Crippen molar-refractivity contribution in [3.63, 3.8) is 0 Å². The number of hydrogen-bond donors (Lipinski definition) is 0. The molecular formula is C16H20N2O. The Balaban J connectivity index is 3.13. The molecule has 0 aromatic heterocycles. The Bertz CT molecular complexity index is 500. The molecule has 19 heavy (non-hydrogen) atoms. The van der Waals surface area contributed by atoms with Crippen LogP contribution in [0.4, 0.5) is 5.69 Å². The number of hydrogen-bond acceptors (Lipinski definition) is 2. The number of carbonyl (C=O) groups is 1. The van der Waals surface area contributed by atoms with Gasteiger partial charge in [0.05, 0.1) is 11.3 Å². The fraction of sp³-hybridized carbons (Fsp3) is 0.375. The lowest BCUT2D eigenvalue weighted by atomic mass is 10.1. The van der Waals surface area contributed by atoms with E-state index in [1.165, 1.54) is 0 Å². The highest BCUT2D eigenvalue weighted by atomic mass is 16.2. The predicted molar refractivity (Wildman–Crippen MR) is 77.8 cm³/mol. The van der Waals surface area contributed by atoms with E-state index in [-0.39, 0.29) is 5.91 Å². The second-order valence-electron chi connectivity index (χ2n) is 4.40. The molecule has 0 aliphatic rings. The number of amides is 1. The first-order valence-electron chi connectivity index (χ1n) is 6.64. The van der Waals surface area contributed by atoms with Crippen LogP contribution >= 0.6 is 0 Å². The van der Waals surface area contributed by atoms with Crippen LogP contribution in [-0.2, 0) is 4.79 Å². The molecule has 0 N–H and O–H groups in total. The number of unbranched alkanes of at least 4 members (excludes halogenated alkanes) is 1. The maximum atomic E-state index is 12.4. The maximum absolute atomic E-state index is 12.4. The zero-order valence-corrected chi connectivity index (χ0v) is 11.6. The van der Waals surface area contributed by atoms with Gasteiger partial charge < -0.3 is 4.90 Å². The van der Waals surface area contributed by atoms with Gasteiger partial charge in [0.2, 0.25) is 0 Å². The monoisotopic (exact) mass is 256 g/mol. The molecule has 1 rings (SSSR count). The molecule has 0 saturated carbocycles. The van der Waals surface area contributed by atoms with Crippen molar-refractivity contribution in [1.29, 1.82) is 5.26 Å². The highest BCUT2D eigenvalue weighted by Crippen LogP contribution is 2.22. The molecule has 0 fully saturated rings. The van der Waals surface area contributed by atoms with Crippen LogP contribution in [0.15, 0.2) is 36.4 Å². The van der Waals surface area contributed by atoms with Gasteiger partial charge in [-0.3, -0.25) is 4.79 Å². The summed E-state index contributed by atoms with van der Waals surface area (Å²) >= 11 is 0. The van der Waals surface area contributed by atoms with Gasteiger partial charge in [0.25, 0.3) is 5.91 Å². The molecule has 1 aromatic carbocycles. The summed E-state index contributed by atoms with van der Waals surface area (Å²) < 4.78 is 0. The molecule has 3 heteroatoms. The molecule has 3 nitrogen and oxygen atoms in total. The summed E-state index contributed by atoms with van der Waals surface area (Å²) in [6, 6.07) is 9.34. The Morgan fingerprint density at radius 1 is 1.37 bits per heavy atom. The number of nitriles is 1. The van der Waals surface area contributed by atoms with Crippen molar-refractivity contribution in [3.8, 4) is 6.07 Å². The van der Waals surface area contributed by atoms with Crippen molar-refractivity contribution < 1.29 is 4.79 Å². The van der Waals surface area contributed by atoms with Gasteiger partial charge in [-0.05, 0) is 25.0 Å². The van der Waals surface area contributed by atoms with Crippen molar-refractivity contribution in [2.45, 2.75) is 33.1 Å². The summed E-state index contributed by atoms with van der Waals surface area (Å²) in [5.74, 6) is -0.0846. The van der Waals surface area contributed by atoms with Crippen molar-refractivity contribution in [1.82, 2.24) is 0 Å². The molecule has 100 valence electrons. The summed E-state index contributed by atoms with van der Waals surface area (Å²) in [5, 5.41) is 9.16.